The molecule has 2 unspecified atom stereocenters. The summed E-state index contributed by atoms with van der Waals surface area (Å²) in [5.41, 5.74) is 8.22. The molecule has 0 fully saturated rings. The lowest BCUT2D eigenvalue weighted by atomic mass is 10.1. The van der Waals surface area contributed by atoms with E-state index in [1.54, 1.807) is 0 Å². The highest BCUT2D eigenvalue weighted by Gasteiger charge is 2.09. The maximum absolute atomic E-state index is 6.02. The summed E-state index contributed by atoms with van der Waals surface area (Å²) in [7, 11) is 0. The molecular formula is C17H20BrNO. The van der Waals surface area contributed by atoms with Crippen molar-refractivity contribution >= 4 is 15.9 Å². The number of hydrogen-bond acceptors (Lipinski definition) is 2. The minimum absolute atomic E-state index is 0.0283. The Labute approximate surface area is 129 Å². The molecule has 3 heteroatoms. The summed E-state index contributed by atoms with van der Waals surface area (Å²) in [6, 6.07) is 16.4. The molecule has 2 atom stereocenters. The second kappa shape index (κ2) is 6.91. The number of nitrogens with two attached hydrogens (primary N) is 1. The maximum Gasteiger partial charge on any atom is 0.121 e. The molecule has 0 aliphatic heterocycles. The maximum atomic E-state index is 6.02. The smallest absolute Gasteiger partial charge is 0.121 e. The Hall–Kier alpha value is -1.32. The first-order valence-corrected chi connectivity index (χ1v) is 7.61. The van der Waals surface area contributed by atoms with Crippen LogP contribution in [0.4, 0.5) is 0 Å². The molecule has 106 valence electrons. The molecule has 0 radical (unpaired) electrons. The van der Waals surface area contributed by atoms with E-state index in [1.165, 1.54) is 11.1 Å². The largest absolute Gasteiger partial charge is 0.486 e. The normalized spacial score (nSPS) is 13.8. The van der Waals surface area contributed by atoms with Crippen molar-refractivity contribution in [1.82, 2.24) is 0 Å². The van der Waals surface area contributed by atoms with Crippen LogP contribution in [0.15, 0.2) is 53.0 Å². The summed E-state index contributed by atoms with van der Waals surface area (Å²) >= 11 is 3.56. The van der Waals surface area contributed by atoms with Crippen LogP contribution in [-0.4, -0.2) is 6.04 Å². The molecule has 2 nitrogen and oxygen atoms in total. The van der Waals surface area contributed by atoms with Crippen LogP contribution >= 0.6 is 15.9 Å². The van der Waals surface area contributed by atoms with Crippen molar-refractivity contribution in [2.45, 2.75) is 32.4 Å². The third kappa shape index (κ3) is 4.09. The molecule has 0 saturated carbocycles. The monoisotopic (exact) mass is 333 g/mol. The summed E-state index contributed by atoms with van der Waals surface area (Å²) < 4.78 is 7.09. The highest BCUT2D eigenvalue weighted by molar-refractivity contribution is 9.10. The van der Waals surface area contributed by atoms with Crippen molar-refractivity contribution in [3.63, 3.8) is 0 Å². The van der Waals surface area contributed by atoms with Gasteiger partial charge in [-0.05, 0) is 49.6 Å². The van der Waals surface area contributed by atoms with Crippen molar-refractivity contribution in [3.8, 4) is 5.75 Å². The quantitative estimate of drug-likeness (QED) is 0.875. The minimum Gasteiger partial charge on any atom is -0.486 e. The number of hydrogen-bond donors (Lipinski definition) is 1. The Balaban J connectivity index is 2.13. The van der Waals surface area contributed by atoms with E-state index in [2.05, 4.69) is 41.1 Å². The molecule has 0 spiro atoms. The number of halogens is 1. The molecule has 2 rings (SSSR count). The molecule has 0 heterocycles. The van der Waals surface area contributed by atoms with Crippen LogP contribution in [0.3, 0.4) is 0 Å². The van der Waals surface area contributed by atoms with Gasteiger partial charge in [0.05, 0.1) is 0 Å². The molecule has 0 aromatic heterocycles. The van der Waals surface area contributed by atoms with Crippen LogP contribution in [0.5, 0.6) is 5.75 Å². The van der Waals surface area contributed by atoms with E-state index in [4.69, 9.17) is 10.5 Å². The average molecular weight is 334 g/mol. The van der Waals surface area contributed by atoms with E-state index in [-0.39, 0.29) is 12.1 Å². The molecule has 0 aliphatic rings. The van der Waals surface area contributed by atoms with E-state index in [0.717, 1.165) is 16.6 Å². The number of benzene rings is 2. The van der Waals surface area contributed by atoms with Crippen molar-refractivity contribution in [1.29, 1.82) is 0 Å². The van der Waals surface area contributed by atoms with E-state index in [0.29, 0.717) is 0 Å². The van der Waals surface area contributed by atoms with Crippen LogP contribution in [0, 0.1) is 0 Å². The Bertz CT molecular complexity index is 554. The van der Waals surface area contributed by atoms with Gasteiger partial charge < -0.3 is 10.5 Å². The van der Waals surface area contributed by atoms with Crippen molar-refractivity contribution < 1.29 is 4.74 Å². The van der Waals surface area contributed by atoms with Crippen LogP contribution in [0.25, 0.3) is 0 Å². The molecule has 20 heavy (non-hydrogen) atoms. The average Bonchev–Trinajstić information content (AvgIpc) is 2.43. The summed E-state index contributed by atoms with van der Waals surface area (Å²) in [5.74, 6) is 0.875. The SMILES string of the molecule is CC(N)Cc1cc(OC(C)c2ccccc2)ccc1Br. The van der Waals surface area contributed by atoms with E-state index in [1.807, 2.05) is 37.3 Å². The fourth-order valence-electron chi connectivity index (χ4n) is 2.12. The third-order valence-corrected chi connectivity index (χ3v) is 3.91. The van der Waals surface area contributed by atoms with Crippen molar-refractivity contribution in [3.05, 3.63) is 64.1 Å². The summed E-state index contributed by atoms with van der Waals surface area (Å²) in [6.07, 6.45) is 0.859. The summed E-state index contributed by atoms with van der Waals surface area (Å²) in [4.78, 5) is 0. The summed E-state index contributed by atoms with van der Waals surface area (Å²) in [6.45, 7) is 4.06. The van der Waals surface area contributed by atoms with Gasteiger partial charge in [-0.2, -0.15) is 0 Å². The molecule has 0 saturated heterocycles. The van der Waals surface area contributed by atoms with E-state index in [9.17, 15) is 0 Å². The van der Waals surface area contributed by atoms with Gasteiger partial charge in [0.2, 0.25) is 0 Å². The predicted octanol–water partition coefficient (Wildman–Crippen LogP) is 4.48. The lowest BCUT2D eigenvalue weighted by molar-refractivity contribution is 0.226. The Morgan fingerprint density at radius 3 is 2.45 bits per heavy atom. The van der Waals surface area contributed by atoms with Crippen LogP contribution in [0.2, 0.25) is 0 Å². The van der Waals surface area contributed by atoms with Crippen LogP contribution < -0.4 is 10.5 Å². The second-order valence-electron chi connectivity index (χ2n) is 5.11. The molecule has 0 aliphatic carbocycles. The lowest BCUT2D eigenvalue weighted by Crippen LogP contribution is -2.18. The first kappa shape index (κ1) is 15.1. The first-order valence-electron chi connectivity index (χ1n) is 6.82. The van der Waals surface area contributed by atoms with Gasteiger partial charge in [-0.3, -0.25) is 0 Å². The first-order chi connectivity index (χ1) is 9.56. The van der Waals surface area contributed by atoms with Gasteiger partial charge in [-0.15, -0.1) is 0 Å². The van der Waals surface area contributed by atoms with Gasteiger partial charge in [0.25, 0.3) is 0 Å². The van der Waals surface area contributed by atoms with Gasteiger partial charge in [0.1, 0.15) is 11.9 Å². The van der Waals surface area contributed by atoms with E-state index < -0.39 is 0 Å². The van der Waals surface area contributed by atoms with Gasteiger partial charge in [0.15, 0.2) is 0 Å². The topological polar surface area (TPSA) is 35.2 Å². The van der Waals surface area contributed by atoms with Crippen LogP contribution in [-0.2, 0) is 6.42 Å². The molecule has 0 amide bonds. The van der Waals surface area contributed by atoms with Gasteiger partial charge in [-0.25, -0.2) is 0 Å². The molecule has 0 bridgehead atoms. The number of rotatable bonds is 5. The molecular weight excluding hydrogens is 314 g/mol. The fraction of sp³-hybridized carbons (Fsp3) is 0.294. The van der Waals surface area contributed by atoms with Crippen LogP contribution in [0.1, 0.15) is 31.1 Å². The Morgan fingerprint density at radius 2 is 1.80 bits per heavy atom. The Morgan fingerprint density at radius 1 is 1.10 bits per heavy atom. The van der Waals surface area contributed by atoms with Crippen molar-refractivity contribution in [2.75, 3.05) is 0 Å². The predicted molar refractivity (Wildman–Crippen MR) is 87.0 cm³/mol. The standard InChI is InChI=1S/C17H20BrNO/c1-12(19)10-15-11-16(8-9-17(15)18)20-13(2)14-6-4-3-5-7-14/h3-9,11-13H,10,19H2,1-2H3. The molecule has 2 aromatic rings. The van der Waals surface area contributed by atoms with E-state index >= 15 is 0 Å². The zero-order chi connectivity index (χ0) is 14.5. The van der Waals surface area contributed by atoms with Gasteiger partial charge >= 0.3 is 0 Å². The number of ether oxygens (including phenoxy) is 1. The second-order valence-corrected chi connectivity index (χ2v) is 5.96. The molecule has 2 N–H and O–H groups in total. The Kier molecular flexibility index (Phi) is 5.21. The third-order valence-electron chi connectivity index (χ3n) is 3.14. The van der Waals surface area contributed by atoms with Gasteiger partial charge in [0, 0.05) is 10.5 Å². The minimum atomic E-state index is 0.0283. The van der Waals surface area contributed by atoms with Crippen molar-refractivity contribution in [2.24, 2.45) is 5.73 Å². The highest BCUT2D eigenvalue weighted by atomic mass is 79.9. The zero-order valence-electron chi connectivity index (χ0n) is 11.8. The zero-order valence-corrected chi connectivity index (χ0v) is 13.4. The molecule has 2 aromatic carbocycles. The lowest BCUT2D eigenvalue weighted by Gasteiger charge is -2.17. The van der Waals surface area contributed by atoms with Gasteiger partial charge in [-0.1, -0.05) is 46.3 Å². The summed E-state index contributed by atoms with van der Waals surface area (Å²) in [5, 5.41) is 0. The fourth-order valence-corrected chi connectivity index (χ4v) is 2.53. The highest BCUT2D eigenvalue weighted by Crippen LogP contribution is 2.27.